The molecular formula is C19H23N3O6S2. The summed E-state index contributed by atoms with van der Waals surface area (Å²) in [4.78, 5) is 24.1. The Labute approximate surface area is 178 Å². The number of carboxylic acids is 1. The second kappa shape index (κ2) is 9.45. The lowest BCUT2D eigenvalue weighted by Crippen LogP contribution is -2.38. The summed E-state index contributed by atoms with van der Waals surface area (Å²) in [6.07, 6.45) is 2.50. The minimum atomic E-state index is -4.00. The highest BCUT2D eigenvalue weighted by atomic mass is 32.2. The summed E-state index contributed by atoms with van der Waals surface area (Å²) in [6, 6.07) is 6.65. The largest absolute Gasteiger partial charge is 0.478 e. The Kier molecular flexibility index (Phi) is 6.95. The second-order valence-electron chi connectivity index (χ2n) is 6.86. The molecule has 9 nitrogen and oxygen atoms in total. The van der Waals surface area contributed by atoms with Gasteiger partial charge in [-0.3, -0.25) is 0 Å². The Balaban J connectivity index is 1.61. The van der Waals surface area contributed by atoms with Gasteiger partial charge in [-0.1, -0.05) is 17.7 Å². The van der Waals surface area contributed by atoms with Gasteiger partial charge in [-0.25, -0.2) is 22.7 Å². The van der Waals surface area contributed by atoms with Crippen LogP contribution in [-0.4, -0.2) is 38.4 Å². The van der Waals surface area contributed by atoms with Crippen LogP contribution in [-0.2, 0) is 21.3 Å². The third kappa shape index (κ3) is 5.71. The minimum absolute atomic E-state index is 0.0204. The summed E-state index contributed by atoms with van der Waals surface area (Å²) >= 11 is 1.18. The number of hydrogen-bond acceptors (Lipinski definition) is 7. The van der Waals surface area contributed by atoms with E-state index in [0.29, 0.717) is 16.5 Å². The summed E-state index contributed by atoms with van der Waals surface area (Å²) in [5, 5.41) is 15.4. The first-order valence-corrected chi connectivity index (χ1v) is 11.7. The lowest BCUT2D eigenvalue weighted by atomic mass is 10.2. The fourth-order valence-electron chi connectivity index (χ4n) is 2.90. The van der Waals surface area contributed by atoms with Gasteiger partial charge in [0, 0.05) is 11.5 Å². The minimum Gasteiger partial charge on any atom is -0.478 e. The van der Waals surface area contributed by atoms with E-state index in [1.165, 1.54) is 29.5 Å². The molecule has 0 spiro atoms. The number of carbonyl (C=O) groups excluding carboxylic acids is 1. The average molecular weight is 454 g/mol. The first-order valence-electron chi connectivity index (χ1n) is 9.36. The van der Waals surface area contributed by atoms with Crippen LogP contribution >= 0.6 is 11.3 Å². The van der Waals surface area contributed by atoms with E-state index in [1.54, 1.807) is 12.1 Å². The maximum Gasteiger partial charge on any atom is 0.338 e. The topological polar surface area (TPSA) is 134 Å². The molecule has 3 rings (SSSR count). The molecule has 2 heterocycles. The molecule has 0 radical (unpaired) electrons. The Morgan fingerprint density at radius 1 is 1.23 bits per heavy atom. The quantitative estimate of drug-likeness (QED) is 0.506. The molecule has 0 saturated carbocycles. The van der Waals surface area contributed by atoms with Crippen LogP contribution in [0.2, 0.25) is 0 Å². The van der Waals surface area contributed by atoms with Crippen LogP contribution in [0, 0.1) is 6.92 Å². The summed E-state index contributed by atoms with van der Waals surface area (Å²) in [7, 11) is -4.00. The maximum atomic E-state index is 12.3. The number of hydrogen-bond donors (Lipinski definition) is 4. The van der Waals surface area contributed by atoms with Crippen LogP contribution in [0.15, 0.2) is 35.2 Å². The standard InChI is InChI=1S/C19H23N3O6S2/c1-12-5-7-14(8-6-12)30(26,27)22-19(25)20-11-13-10-15(18(23)24)17(29-13)21-16-4-2-3-9-28-16/h5-8,10,16,21H,2-4,9,11H2,1H3,(H,23,24)(H2,20,22,25). The molecule has 1 aromatic heterocycles. The molecule has 30 heavy (non-hydrogen) atoms. The molecule has 1 fully saturated rings. The number of ether oxygens (including phenoxy) is 1. The molecule has 162 valence electrons. The summed E-state index contributed by atoms with van der Waals surface area (Å²) in [5.74, 6) is -1.10. The van der Waals surface area contributed by atoms with Crippen molar-refractivity contribution in [1.82, 2.24) is 10.0 Å². The molecule has 1 aromatic carbocycles. The van der Waals surface area contributed by atoms with Crippen molar-refractivity contribution in [3.63, 3.8) is 0 Å². The van der Waals surface area contributed by atoms with Crippen molar-refractivity contribution in [3.8, 4) is 0 Å². The molecule has 0 bridgehead atoms. The Hall–Kier alpha value is -2.63. The Morgan fingerprint density at radius 2 is 1.97 bits per heavy atom. The van der Waals surface area contributed by atoms with Crippen molar-refractivity contribution < 1.29 is 27.9 Å². The van der Waals surface area contributed by atoms with E-state index < -0.39 is 22.0 Å². The predicted molar refractivity (Wildman–Crippen MR) is 112 cm³/mol. The van der Waals surface area contributed by atoms with Gasteiger partial charge in [-0.15, -0.1) is 11.3 Å². The van der Waals surface area contributed by atoms with Gasteiger partial charge in [-0.05, 0) is 44.4 Å². The third-order valence-corrected chi connectivity index (χ3v) is 6.88. The van der Waals surface area contributed by atoms with E-state index in [2.05, 4.69) is 10.6 Å². The molecule has 1 atom stereocenters. The van der Waals surface area contributed by atoms with Crippen LogP contribution in [0.3, 0.4) is 0 Å². The smallest absolute Gasteiger partial charge is 0.338 e. The molecule has 2 aromatic rings. The van der Waals surface area contributed by atoms with Gasteiger partial charge in [0.25, 0.3) is 10.0 Å². The number of urea groups is 1. The van der Waals surface area contributed by atoms with Crippen molar-refractivity contribution in [2.75, 3.05) is 11.9 Å². The number of rotatable bonds is 7. The number of carbonyl (C=O) groups is 2. The summed E-state index contributed by atoms with van der Waals surface area (Å²) < 4.78 is 32.1. The molecule has 1 aliphatic rings. The van der Waals surface area contributed by atoms with E-state index in [1.807, 2.05) is 11.6 Å². The predicted octanol–water partition coefficient (Wildman–Crippen LogP) is 2.88. The maximum absolute atomic E-state index is 12.3. The lowest BCUT2D eigenvalue weighted by molar-refractivity contribution is 0.0344. The van der Waals surface area contributed by atoms with Crippen LogP contribution < -0.4 is 15.4 Å². The normalized spacial score (nSPS) is 16.6. The van der Waals surface area contributed by atoms with Gasteiger partial charge >= 0.3 is 12.0 Å². The monoisotopic (exact) mass is 453 g/mol. The molecule has 2 amide bonds. The Bertz CT molecular complexity index is 1010. The van der Waals surface area contributed by atoms with Gasteiger partial charge in [0.2, 0.25) is 0 Å². The number of amides is 2. The zero-order valence-corrected chi connectivity index (χ0v) is 17.9. The van der Waals surface area contributed by atoms with Crippen LogP contribution in [0.25, 0.3) is 0 Å². The lowest BCUT2D eigenvalue weighted by Gasteiger charge is -2.23. The molecule has 1 unspecified atom stereocenters. The van der Waals surface area contributed by atoms with Crippen molar-refractivity contribution >= 4 is 38.4 Å². The number of anilines is 1. The molecule has 0 aliphatic carbocycles. The molecular weight excluding hydrogens is 430 g/mol. The zero-order chi connectivity index (χ0) is 21.7. The van der Waals surface area contributed by atoms with E-state index in [0.717, 1.165) is 24.8 Å². The van der Waals surface area contributed by atoms with Crippen LogP contribution in [0.5, 0.6) is 0 Å². The molecule has 1 saturated heterocycles. The zero-order valence-electron chi connectivity index (χ0n) is 16.3. The molecule has 11 heteroatoms. The van der Waals surface area contributed by atoms with Crippen LogP contribution in [0.4, 0.5) is 9.80 Å². The van der Waals surface area contributed by atoms with Gasteiger partial charge in [0.15, 0.2) is 0 Å². The molecule has 1 aliphatic heterocycles. The number of benzene rings is 1. The van der Waals surface area contributed by atoms with E-state index in [4.69, 9.17) is 4.74 Å². The van der Waals surface area contributed by atoms with E-state index in [-0.39, 0.29) is 23.2 Å². The van der Waals surface area contributed by atoms with Crippen LogP contribution in [0.1, 0.15) is 40.1 Å². The first kappa shape index (κ1) is 22.1. The number of carboxylic acid groups (broad SMARTS) is 1. The van der Waals surface area contributed by atoms with Gasteiger partial charge < -0.3 is 20.5 Å². The van der Waals surface area contributed by atoms with Gasteiger partial charge in [-0.2, -0.15) is 0 Å². The highest BCUT2D eigenvalue weighted by Gasteiger charge is 2.21. The van der Waals surface area contributed by atoms with Crippen molar-refractivity contribution in [3.05, 3.63) is 46.3 Å². The number of thiophene rings is 1. The van der Waals surface area contributed by atoms with E-state index in [9.17, 15) is 23.1 Å². The fraction of sp³-hybridized carbons (Fsp3) is 0.368. The first-order chi connectivity index (χ1) is 14.2. The van der Waals surface area contributed by atoms with Crippen molar-refractivity contribution in [2.24, 2.45) is 0 Å². The van der Waals surface area contributed by atoms with Gasteiger partial charge in [0.1, 0.15) is 11.2 Å². The molecule has 4 N–H and O–H groups in total. The summed E-state index contributed by atoms with van der Waals surface area (Å²) in [6.45, 7) is 2.43. The van der Waals surface area contributed by atoms with Gasteiger partial charge in [0.05, 0.1) is 17.0 Å². The fourth-order valence-corrected chi connectivity index (χ4v) is 4.86. The Morgan fingerprint density at radius 3 is 2.60 bits per heavy atom. The third-order valence-electron chi connectivity index (χ3n) is 4.47. The number of sulfonamides is 1. The van der Waals surface area contributed by atoms with Crippen molar-refractivity contribution in [1.29, 1.82) is 0 Å². The van der Waals surface area contributed by atoms with E-state index >= 15 is 0 Å². The number of nitrogens with one attached hydrogen (secondary N) is 3. The number of aryl methyl sites for hydroxylation is 1. The number of aromatic carboxylic acids is 1. The summed E-state index contributed by atoms with van der Waals surface area (Å²) in [5.41, 5.74) is 0.979. The highest BCUT2D eigenvalue weighted by molar-refractivity contribution is 7.90. The SMILES string of the molecule is Cc1ccc(S(=O)(=O)NC(=O)NCc2cc(C(=O)O)c(NC3CCCCO3)s2)cc1. The second-order valence-corrected chi connectivity index (χ2v) is 9.68. The average Bonchev–Trinajstić information content (AvgIpc) is 3.10. The van der Waals surface area contributed by atoms with Crippen molar-refractivity contribution in [2.45, 2.75) is 43.9 Å². The highest BCUT2D eigenvalue weighted by Crippen LogP contribution is 2.30.